The first-order valence-corrected chi connectivity index (χ1v) is 8.78. The molecule has 0 unspecified atom stereocenters. The molecular weight excluding hydrogens is 316 g/mol. The SMILES string of the molecule is Cc1cccc(OS(=O)(=O)c2ccc3c(c2)OCCCO3)c1C. The van der Waals surface area contributed by atoms with Gasteiger partial charge in [0, 0.05) is 12.5 Å². The smallest absolute Gasteiger partial charge is 0.339 e. The van der Waals surface area contributed by atoms with Crippen LogP contribution in [0.25, 0.3) is 0 Å². The Morgan fingerprint density at radius 3 is 2.52 bits per heavy atom. The molecular formula is C17H18O5S. The second-order valence-electron chi connectivity index (χ2n) is 5.39. The van der Waals surface area contributed by atoms with E-state index in [0.717, 1.165) is 17.5 Å². The van der Waals surface area contributed by atoms with E-state index in [1.165, 1.54) is 12.1 Å². The molecule has 0 fully saturated rings. The fourth-order valence-electron chi connectivity index (χ4n) is 2.28. The molecule has 1 aliphatic heterocycles. The van der Waals surface area contributed by atoms with Gasteiger partial charge in [0.1, 0.15) is 10.6 Å². The molecule has 0 aliphatic carbocycles. The number of hydrogen-bond acceptors (Lipinski definition) is 5. The minimum atomic E-state index is -3.93. The molecule has 0 radical (unpaired) electrons. The van der Waals surface area contributed by atoms with Crippen molar-refractivity contribution in [2.75, 3.05) is 13.2 Å². The summed E-state index contributed by atoms with van der Waals surface area (Å²) in [5.41, 5.74) is 1.77. The number of rotatable bonds is 3. The second kappa shape index (κ2) is 6.12. The number of benzene rings is 2. The van der Waals surface area contributed by atoms with Crippen LogP contribution in [-0.4, -0.2) is 21.6 Å². The van der Waals surface area contributed by atoms with E-state index in [4.69, 9.17) is 13.7 Å². The van der Waals surface area contributed by atoms with Gasteiger partial charge in [0.15, 0.2) is 11.5 Å². The second-order valence-corrected chi connectivity index (χ2v) is 6.94. The molecule has 0 atom stereocenters. The van der Waals surface area contributed by atoms with Gasteiger partial charge in [-0.3, -0.25) is 0 Å². The summed E-state index contributed by atoms with van der Waals surface area (Å²) in [7, 11) is -3.93. The van der Waals surface area contributed by atoms with Gasteiger partial charge in [-0.25, -0.2) is 0 Å². The molecule has 1 heterocycles. The van der Waals surface area contributed by atoms with Crippen molar-refractivity contribution < 1.29 is 22.1 Å². The van der Waals surface area contributed by atoms with Crippen LogP contribution in [0.2, 0.25) is 0 Å². The van der Waals surface area contributed by atoms with Gasteiger partial charge >= 0.3 is 10.1 Å². The van der Waals surface area contributed by atoms with E-state index in [0.29, 0.717) is 30.5 Å². The monoisotopic (exact) mass is 334 g/mol. The van der Waals surface area contributed by atoms with Crippen molar-refractivity contribution in [1.82, 2.24) is 0 Å². The van der Waals surface area contributed by atoms with E-state index < -0.39 is 10.1 Å². The van der Waals surface area contributed by atoms with Crippen LogP contribution >= 0.6 is 0 Å². The zero-order chi connectivity index (χ0) is 16.4. The third-order valence-corrected chi connectivity index (χ3v) is 4.99. The molecule has 3 rings (SSSR count). The normalized spacial score (nSPS) is 14.2. The average molecular weight is 334 g/mol. The summed E-state index contributed by atoms with van der Waals surface area (Å²) < 4.78 is 41.4. The molecule has 1 aliphatic rings. The minimum absolute atomic E-state index is 0.0441. The maximum atomic E-state index is 12.5. The van der Waals surface area contributed by atoms with E-state index in [-0.39, 0.29) is 4.90 Å². The number of ether oxygens (including phenoxy) is 2. The first-order valence-electron chi connectivity index (χ1n) is 7.38. The molecule has 122 valence electrons. The molecule has 0 saturated heterocycles. The highest BCUT2D eigenvalue weighted by molar-refractivity contribution is 7.87. The molecule has 5 nitrogen and oxygen atoms in total. The van der Waals surface area contributed by atoms with Crippen molar-refractivity contribution in [2.45, 2.75) is 25.2 Å². The average Bonchev–Trinajstić information content (AvgIpc) is 2.76. The van der Waals surface area contributed by atoms with Crippen LogP contribution in [0.5, 0.6) is 17.2 Å². The zero-order valence-corrected chi connectivity index (χ0v) is 13.9. The lowest BCUT2D eigenvalue weighted by Crippen LogP contribution is -2.11. The highest BCUT2D eigenvalue weighted by atomic mass is 32.2. The van der Waals surface area contributed by atoms with Gasteiger partial charge in [-0.05, 0) is 43.2 Å². The first kappa shape index (κ1) is 15.7. The van der Waals surface area contributed by atoms with E-state index >= 15 is 0 Å². The van der Waals surface area contributed by atoms with Crippen molar-refractivity contribution in [3.05, 3.63) is 47.5 Å². The number of hydrogen-bond donors (Lipinski definition) is 0. The fourth-order valence-corrected chi connectivity index (χ4v) is 3.28. The van der Waals surface area contributed by atoms with Gasteiger partial charge < -0.3 is 13.7 Å². The maximum absolute atomic E-state index is 12.5. The van der Waals surface area contributed by atoms with Crippen molar-refractivity contribution >= 4 is 10.1 Å². The summed E-state index contributed by atoms with van der Waals surface area (Å²) in [5, 5.41) is 0. The van der Waals surface area contributed by atoms with Crippen LogP contribution in [0, 0.1) is 13.8 Å². The Balaban J connectivity index is 1.94. The van der Waals surface area contributed by atoms with E-state index in [1.807, 2.05) is 19.9 Å². The molecule has 0 amide bonds. The number of aryl methyl sites for hydroxylation is 1. The molecule has 0 aromatic heterocycles. The highest BCUT2D eigenvalue weighted by Gasteiger charge is 2.21. The summed E-state index contributed by atoms with van der Waals surface area (Å²) in [6.07, 6.45) is 0.760. The third-order valence-electron chi connectivity index (χ3n) is 3.76. The summed E-state index contributed by atoms with van der Waals surface area (Å²) in [6, 6.07) is 9.82. The first-order chi connectivity index (χ1) is 11.0. The van der Waals surface area contributed by atoms with Gasteiger partial charge in [-0.1, -0.05) is 12.1 Å². The van der Waals surface area contributed by atoms with Gasteiger partial charge in [-0.15, -0.1) is 0 Å². The Morgan fingerprint density at radius 2 is 1.74 bits per heavy atom. The summed E-state index contributed by atoms with van der Waals surface area (Å²) in [4.78, 5) is 0.0441. The van der Waals surface area contributed by atoms with Crippen molar-refractivity contribution in [3.8, 4) is 17.2 Å². The Morgan fingerprint density at radius 1 is 1.00 bits per heavy atom. The Kier molecular flexibility index (Phi) is 4.17. The van der Waals surface area contributed by atoms with E-state index in [2.05, 4.69) is 0 Å². The third kappa shape index (κ3) is 3.27. The molecule has 2 aromatic rings. The fraction of sp³-hybridized carbons (Fsp3) is 0.294. The zero-order valence-electron chi connectivity index (χ0n) is 13.0. The Hall–Kier alpha value is -2.21. The van der Waals surface area contributed by atoms with Gasteiger partial charge in [0.2, 0.25) is 0 Å². The summed E-state index contributed by atoms with van der Waals surface area (Å²) in [5.74, 6) is 1.30. The van der Waals surface area contributed by atoms with E-state index in [1.54, 1.807) is 18.2 Å². The lowest BCUT2D eigenvalue weighted by molar-refractivity contribution is 0.296. The van der Waals surface area contributed by atoms with E-state index in [9.17, 15) is 8.42 Å². The highest BCUT2D eigenvalue weighted by Crippen LogP contribution is 2.33. The predicted octanol–water partition coefficient (Wildman–Crippen LogP) is 3.23. The lowest BCUT2D eigenvalue weighted by atomic mass is 10.1. The van der Waals surface area contributed by atoms with Crippen molar-refractivity contribution in [2.24, 2.45) is 0 Å². The molecule has 23 heavy (non-hydrogen) atoms. The summed E-state index contributed by atoms with van der Waals surface area (Å²) in [6.45, 7) is 4.78. The van der Waals surface area contributed by atoms with Gasteiger partial charge in [0.05, 0.1) is 13.2 Å². The van der Waals surface area contributed by atoms with Gasteiger partial charge in [0.25, 0.3) is 0 Å². The molecule has 0 N–H and O–H groups in total. The van der Waals surface area contributed by atoms with Crippen LogP contribution in [-0.2, 0) is 10.1 Å². The van der Waals surface area contributed by atoms with Crippen LogP contribution < -0.4 is 13.7 Å². The maximum Gasteiger partial charge on any atom is 0.339 e. The molecule has 2 aromatic carbocycles. The predicted molar refractivity (Wildman–Crippen MR) is 85.8 cm³/mol. The Bertz CT molecular complexity index is 827. The largest absolute Gasteiger partial charge is 0.490 e. The standard InChI is InChI=1S/C17H18O5S/c1-12-5-3-6-15(13(12)2)22-23(18,19)14-7-8-16-17(11-14)21-10-4-9-20-16/h3,5-8,11H,4,9-10H2,1-2H3. The van der Waals surface area contributed by atoms with Crippen molar-refractivity contribution in [1.29, 1.82) is 0 Å². The quantitative estimate of drug-likeness (QED) is 0.807. The number of fused-ring (bicyclic) bond motifs is 1. The van der Waals surface area contributed by atoms with Crippen LogP contribution in [0.1, 0.15) is 17.5 Å². The van der Waals surface area contributed by atoms with Crippen molar-refractivity contribution in [3.63, 3.8) is 0 Å². The topological polar surface area (TPSA) is 61.8 Å². The van der Waals surface area contributed by atoms with Crippen LogP contribution in [0.3, 0.4) is 0 Å². The molecule has 0 spiro atoms. The Labute approximate surface area is 135 Å². The van der Waals surface area contributed by atoms with Crippen LogP contribution in [0.4, 0.5) is 0 Å². The molecule has 0 bridgehead atoms. The van der Waals surface area contributed by atoms with Crippen LogP contribution in [0.15, 0.2) is 41.3 Å². The minimum Gasteiger partial charge on any atom is -0.490 e. The lowest BCUT2D eigenvalue weighted by Gasteiger charge is -2.12. The molecule has 0 saturated carbocycles. The summed E-state index contributed by atoms with van der Waals surface area (Å²) >= 11 is 0. The molecule has 6 heteroatoms. The van der Waals surface area contributed by atoms with Gasteiger partial charge in [-0.2, -0.15) is 8.42 Å².